The van der Waals surface area contributed by atoms with Crippen molar-refractivity contribution in [1.29, 1.82) is 0 Å². The Kier molecular flexibility index (Phi) is 6.78. The number of benzene rings is 1. The maximum atomic E-state index is 13.3. The second-order valence-corrected chi connectivity index (χ2v) is 13.0. The number of likely N-dealkylation sites (N-methyl/N-ethyl adjacent to an activating group) is 1. The maximum Gasteiger partial charge on any atom is 0.338 e. The summed E-state index contributed by atoms with van der Waals surface area (Å²) in [5.41, 5.74) is 1.79. The van der Waals surface area contributed by atoms with Crippen LogP contribution in [0.5, 0.6) is 0 Å². The van der Waals surface area contributed by atoms with Crippen LogP contribution in [0.1, 0.15) is 42.8 Å². The van der Waals surface area contributed by atoms with E-state index in [0.29, 0.717) is 58.5 Å². The number of rotatable bonds is 7. The number of carbonyl (C=O) groups excluding carboxylic acids is 1. The van der Waals surface area contributed by atoms with E-state index in [1.165, 1.54) is 15.6 Å². The quantitative estimate of drug-likeness (QED) is 0.387. The van der Waals surface area contributed by atoms with Crippen molar-refractivity contribution in [2.24, 2.45) is 4.99 Å². The first-order chi connectivity index (χ1) is 16.7. The fourth-order valence-corrected chi connectivity index (χ4v) is 7.65. The summed E-state index contributed by atoms with van der Waals surface area (Å²) < 4.78 is 33.0. The Morgan fingerprint density at radius 1 is 1.37 bits per heavy atom. The monoisotopic (exact) mass is 552 g/mol. The summed E-state index contributed by atoms with van der Waals surface area (Å²) in [4.78, 5) is 24.7. The lowest BCUT2D eigenvalue weighted by Crippen LogP contribution is -2.42. The minimum Gasteiger partial charge on any atom is -0.463 e. The van der Waals surface area contributed by atoms with Crippen LogP contribution in [0.15, 0.2) is 46.0 Å². The van der Waals surface area contributed by atoms with Gasteiger partial charge in [0.1, 0.15) is 6.04 Å². The van der Waals surface area contributed by atoms with E-state index in [9.17, 15) is 13.2 Å². The lowest BCUT2D eigenvalue weighted by atomic mass is 9.94. The van der Waals surface area contributed by atoms with Crippen molar-refractivity contribution in [3.05, 3.63) is 56.6 Å². The molecule has 1 saturated heterocycles. The molecule has 5 rings (SSSR count). The van der Waals surface area contributed by atoms with Crippen molar-refractivity contribution in [3.8, 4) is 0 Å². The van der Waals surface area contributed by atoms with Gasteiger partial charge in [0.2, 0.25) is 10.0 Å². The molecule has 3 heterocycles. The molecule has 186 valence electrons. The van der Waals surface area contributed by atoms with Gasteiger partial charge in [0, 0.05) is 53.9 Å². The van der Waals surface area contributed by atoms with Crippen LogP contribution in [0.2, 0.25) is 5.02 Å². The van der Waals surface area contributed by atoms with Crippen LogP contribution in [0.4, 0.5) is 0 Å². The summed E-state index contributed by atoms with van der Waals surface area (Å²) in [7, 11) is 0.845. The highest BCUT2D eigenvalue weighted by Gasteiger charge is 2.47. The van der Waals surface area contributed by atoms with Crippen LogP contribution in [-0.2, 0) is 19.6 Å². The molecule has 1 aromatic carbocycles. The zero-order valence-corrected chi connectivity index (χ0v) is 22.9. The average Bonchev–Trinajstić information content (AvgIpc) is 3.37. The van der Waals surface area contributed by atoms with Gasteiger partial charge in [-0.1, -0.05) is 23.7 Å². The topological polar surface area (TPSA) is 92.2 Å². The summed E-state index contributed by atoms with van der Waals surface area (Å²) >= 11 is 8.08. The molecule has 2 aliphatic heterocycles. The number of hydrogen-bond donors (Lipinski definition) is 0. The van der Waals surface area contributed by atoms with E-state index >= 15 is 0 Å². The lowest BCUT2D eigenvalue weighted by molar-refractivity contribution is -0.139. The zero-order valence-electron chi connectivity index (χ0n) is 19.3. The Bertz CT molecular complexity index is 1320. The van der Waals surface area contributed by atoms with Gasteiger partial charge in [-0.2, -0.15) is 4.31 Å². The number of aromatic nitrogens is 1. The number of nitrogens with zero attached hydrogens (tertiary/aromatic N) is 4. The number of thiazole rings is 1. The maximum absolute atomic E-state index is 13.3. The summed E-state index contributed by atoms with van der Waals surface area (Å²) in [5, 5.41) is 3.65. The molecular weight excluding hydrogens is 527 g/mol. The molecule has 35 heavy (non-hydrogen) atoms. The normalized spacial score (nSPS) is 22.4. The van der Waals surface area contributed by atoms with Crippen LogP contribution >= 0.6 is 32.2 Å². The third-order valence-corrected chi connectivity index (χ3v) is 10.4. The number of ether oxygens (including phenoxy) is 1. The van der Waals surface area contributed by atoms with Gasteiger partial charge < -0.3 is 9.64 Å². The van der Waals surface area contributed by atoms with Gasteiger partial charge in [-0.15, -0.1) is 20.6 Å². The average molecular weight is 553 g/mol. The molecule has 1 saturated carbocycles. The molecule has 0 amide bonds. The van der Waals surface area contributed by atoms with Crippen molar-refractivity contribution in [2.75, 3.05) is 20.2 Å². The molecule has 0 bridgehead atoms. The molecule has 1 aromatic heterocycles. The summed E-state index contributed by atoms with van der Waals surface area (Å²) in [6.45, 7) is 2.35. The third-order valence-electron chi connectivity index (χ3n) is 6.54. The summed E-state index contributed by atoms with van der Waals surface area (Å²) in [6, 6.07) is 4.55. The number of hydrogen-bond acceptors (Lipinski definition) is 8. The highest BCUT2D eigenvalue weighted by atomic mass is 35.5. The van der Waals surface area contributed by atoms with Crippen LogP contribution in [-0.4, -0.2) is 65.9 Å². The van der Waals surface area contributed by atoms with Crippen molar-refractivity contribution in [1.82, 2.24) is 14.2 Å². The number of carbonyl (C=O) groups is 1. The lowest BCUT2D eigenvalue weighted by Gasteiger charge is -2.32. The van der Waals surface area contributed by atoms with E-state index < -0.39 is 22.0 Å². The van der Waals surface area contributed by atoms with Gasteiger partial charge in [-0.3, -0.25) is 4.99 Å². The van der Waals surface area contributed by atoms with Crippen molar-refractivity contribution in [2.45, 2.75) is 43.5 Å². The Morgan fingerprint density at radius 2 is 2.14 bits per heavy atom. The van der Waals surface area contributed by atoms with E-state index in [1.807, 2.05) is 28.5 Å². The number of sulfonamides is 1. The largest absolute Gasteiger partial charge is 0.463 e. The van der Waals surface area contributed by atoms with E-state index in [1.54, 1.807) is 20.2 Å². The zero-order chi connectivity index (χ0) is 24.9. The smallest absolute Gasteiger partial charge is 0.338 e. The van der Waals surface area contributed by atoms with Crippen LogP contribution in [0.3, 0.4) is 0 Å². The van der Waals surface area contributed by atoms with Crippen LogP contribution in [0, 0.1) is 0 Å². The first kappa shape index (κ1) is 24.8. The molecule has 3 atom stereocenters. The minimum absolute atomic E-state index is 0.211. The number of esters is 1. The standard InChI is InChI=1S/C23H26ClN4O4PS2/c1-3-32-23(29)19-18-10-13(27(2)35(30,31)15-5-6-15)12-28(18)21(22-25-8-9-34-22)26-20(19)16-7-4-14(33)11-17(16)24/h4,7-9,11,13,15,20H,3,5-6,10,12,33H2,1-2H3/t13-,20-/m0/s1. The molecular formula is C23H26ClN4O4PS2. The van der Waals surface area contributed by atoms with Gasteiger partial charge in [-0.25, -0.2) is 18.2 Å². The number of aliphatic imine (C=N–C) groups is 1. The van der Waals surface area contributed by atoms with E-state index in [2.05, 4.69) is 14.2 Å². The van der Waals surface area contributed by atoms with E-state index in [4.69, 9.17) is 21.3 Å². The first-order valence-electron chi connectivity index (χ1n) is 11.4. The second kappa shape index (κ2) is 9.56. The Labute approximate surface area is 216 Å². The summed E-state index contributed by atoms with van der Waals surface area (Å²) in [6.07, 6.45) is 3.46. The second-order valence-electron chi connectivity index (χ2n) is 8.78. The molecule has 3 aliphatic rings. The highest BCUT2D eigenvalue weighted by molar-refractivity contribution is 7.90. The molecule has 12 heteroatoms. The molecule has 1 aliphatic carbocycles. The fraction of sp³-hybridized carbons (Fsp3) is 0.435. The summed E-state index contributed by atoms with van der Waals surface area (Å²) in [5.74, 6) is 0.137. The predicted octanol–water partition coefficient (Wildman–Crippen LogP) is 3.11. The molecule has 0 radical (unpaired) electrons. The molecule has 0 spiro atoms. The SMILES string of the molecule is CCOC(=O)C1=C2C[C@H](N(C)S(=O)(=O)C3CC3)CN2C(c2nccs2)=N[C@H]1c1ccc(P)cc1Cl. The van der Waals surface area contributed by atoms with E-state index in [-0.39, 0.29) is 17.9 Å². The van der Waals surface area contributed by atoms with E-state index in [0.717, 1.165) is 5.30 Å². The molecule has 1 unspecified atom stereocenters. The molecule has 2 fully saturated rings. The Hall–Kier alpha value is -1.84. The van der Waals surface area contributed by atoms with Crippen molar-refractivity contribution in [3.63, 3.8) is 0 Å². The van der Waals surface area contributed by atoms with Gasteiger partial charge >= 0.3 is 5.97 Å². The van der Waals surface area contributed by atoms with Crippen molar-refractivity contribution < 1.29 is 17.9 Å². The van der Waals surface area contributed by atoms with Crippen LogP contribution < -0.4 is 5.30 Å². The fourth-order valence-electron chi connectivity index (χ4n) is 4.59. The Balaban J connectivity index is 1.65. The van der Waals surface area contributed by atoms with Crippen molar-refractivity contribution >= 4 is 59.3 Å². The molecule has 8 nitrogen and oxygen atoms in total. The van der Waals surface area contributed by atoms with Gasteiger partial charge in [0.05, 0.1) is 17.4 Å². The third kappa shape index (κ3) is 4.55. The minimum atomic E-state index is -3.40. The van der Waals surface area contributed by atoms with Gasteiger partial charge in [-0.05, 0) is 31.1 Å². The first-order valence-corrected chi connectivity index (χ1v) is 14.7. The molecule has 2 aromatic rings. The Morgan fingerprint density at radius 3 is 2.77 bits per heavy atom. The molecule has 0 N–H and O–H groups in total. The number of fused-ring (bicyclic) bond motifs is 1. The van der Waals surface area contributed by atoms with Crippen LogP contribution in [0.25, 0.3) is 0 Å². The number of amidine groups is 1. The van der Waals surface area contributed by atoms with Gasteiger partial charge in [0.15, 0.2) is 10.8 Å². The number of halogens is 1. The van der Waals surface area contributed by atoms with Gasteiger partial charge in [0.25, 0.3) is 0 Å². The highest BCUT2D eigenvalue weighted by Crippen LogP contribution is 2.44. The predicted molar refractivity (Wildman–Crippen MR) is 141 cm³/mol.